The maximum atomic E-state index is 11.6. The fourth-order valence-corrected chi connectivity index (χ4v) is 2.95. The van der Waals surface area contributed by atoms with Gasteiger partial charge >= 0.3 is 5.97 Å². The molecule has 0 spiro atoms. The molecule has 2 aromatic rings. The zero-order valence-corrected chi connectivity index (χ0v) is 11.5. The lowest BCUT2D eigenvalue weighted by Gasteiger charge is -2.21. The van der Waals surface area contributed by atoms with Gasteiger partial charge in [0, 0.05) is 28.5 Å². The first kappa shape index (κ1) is 11.7. The third kappa shape index (κ3) is 1.74. The van der Waals surface area contributed by atoms with Crippen LogP contribution in [0.2, 0.25) is 0 Å². The van der Waals surface area contributed by atoms with Gasteiger partial charge in [-0.05, 0) is 27.6 Å². The number of halogens is 1. The van der Waals surface area contributed by atoms with Gasteiger partial charge in [-0.2, -0.15) is 0 Å². The Morgan fingerprint density at radius 3 is 3.11 bits per heavy atom. The molecule has 0 amide bonds. The second kappa shape index (κ2) is 4.40. The molecule has 5 heteroatoms. The van der Waals surface area contributed by atoms with Gasteiger partial charge in [0.25, 0.3) is 0 Å². The van der Waals surface area contributed by atoms with Crippen molar-refractivity contribution in [1.29, 1.82) is 0 Å². The molecule has 4 nitrogen and oxygen atoms in total. The maximum absolute atomic E-state index is 11.6. The summed E-state index contributed by atoms with van der Waals surface area (Å²) < 4.78 is 5.84. The lowest BCUT2D eigenvalue weighted by Crippen LogP contribution is -2.42. The summed E-state index contributed by atoms with van der Waals surface area (Å²) in [5.74, 6) is -0.204. The largest absolute Gasteiger partial charge is 0.468 e. The number of carbonyl (C=O) groups is 1. The van der Waals surface area contributed by atoms with Crippen LogP contribution >= 0.6 is 15.9 Å². The molecule has 1 aromatic carbocycles. The standard InChI is InChI=1S/C13H13BrN2O2/c1-18-13(17)10-5-8-7-3-2-4-9(14)12(7)16-11(8)6-15-10/h2-4,10,15-16H,5-6H2,1H3/t10-/m0/s1. The molecule has 0 fully saturated rings. The number of hydrogen-bond acceptors (Lipinski definition) is 3. The zero-order valence-electron chi connectivity index (χ0n) is 9.92. The van der Waals surface area contributed by atoms with E-state index in [0.29, 0.717) is 13.0 Å². The van der Waals surface area contributed by atoms with Gasteiger partial charge in [-0.15, -0.1) is 0 Å². The molecule has 1 atom stereocenters. The number of aromatic nitrogens is 1. The lowest BCUT2D eigenvalue weighted by molar-refractivity contribution is -0.143. The Kier molecular flexibility index (Phi) is 2.87. The Labute approximate surface area is 113 Å². The molecule has 0 radical (unpaired) electrons. The maximum Gasteiger partial charge on any atom is 0.323 e. The van der Waals surface area contributed by atoms with Gasteiger partial charge in [0.15, 0.2) is 0 Å². The number of H-pyrrole nitrogens is 1. The summed E-state index contributed by atoms with van der Waals surface area (Å²) in [5.41, 5.74) is 3.45. The lowest BCUT2D eigenvalue weighted by atomic mass is 9.99. The first-order chi connectivity index (χ1) is 8.70. The number of benzene rings is 1. The molecule has 0 bridgehead atoms. The van der Waals surface area contributed by atoms with Crippen LogP contribution in [0, 0.1) is 0 Å². The van der Waals surface area contributed by atoms with Gasteiger partial charge < -0.3 is 9.72 Å². The number of aromatic amines is 1. The molecule has 3 rings (SSSR count). The molecule has 18 heavy (non-hydrogen) atoms. The first-order valence-corrected chi connectivity index (χ1v) is 6.59. The van der Waals surface area contributed by atoms with E-state index >= 15 is 0 Å². The number of hydrogen-bond donors (Lipinski definition) is 2. The molecule has 1 aromatic heterocycles. The highest BCUT2D eigenvalue weighted by Gasteiger charge is 2.27. The summed E-state index contributed by atoms with van der Waals surface area (Å²) in [6.07, 6.45) is 0.665. The molecule has 0 aliphatic carbocycles. The van der Waals surface area contributed by atoms with Crippen LogP contribution in [0.15, 0.2) is 22.7 Å². The van der Waals surface area contributed by atoms with Crippen LogP contribution < -0.4 is 5.32 Å². The van der Waals surface area contributed by atoms with Gasteiger partial charge in [-0.3, -0.25) is 10.1 Å². The van der Waals surface area contributed by atoms with E-state index in [-0.39, 0.29) is 12.0 Å². The van der Waals surface area contributed by atoms with Gasteiger partial charge in [0.2, 0.25) is 0 Å². The first-order valence-electron chi connectivity index (χ1n) is 5.80. The van der Waals surface area contributed by atoms with Gasteiger partial charge in [0.05, 0.1) is 12.6 Å². The molecule has 2 N–H and O–H groups in total. The van der Waals surface area contributed by atoms with E-state index in [2.05, 4.69) is 32.3 Å². The normalized spacial score (nSPS) is 18.7. The van der Waals surface area contributed by atoms with E-state index in [1.54, 1.807) is 0 Å². The van der Waals surface area contributed by atoms with E-state index in [4.69, 9.17) is 4.74 Å². The highest BCUT2D eigenvalue weighted by molar-refractivity contribution is 9.10. The van der Waals surface area contributed by atoms with E-state index in [0.717, 1.165) is 15.7 Å². The molecule has 0 unspecified atom stereocenters. The minimum absolute atomic E-state index is 0.204. The predicted molar refractivity (Wildman–Crippen MR) is 72.3 cm³/mol. The Morgan fingerprint density at radius 1 is 1.50 bits per heavy atom. The van der Waals surface area contributed by atoms with E-state index in [9.17, 15) is 4.79 Å². The Morgan fingerprint density at radius 2 is 2.33 bits per heavy atom. The van der Waals surface area contributed by atoms with Crippen molar-refractivity contribution >= 4 is 32.8 Å². The quantitative estimate of drug-likeness (QED) is 0.793. The Bertz CT molecular complexity index is 621. The van der Waals surface area contributed by atoms with Crippen molar-refractivity contribution in [3.8, 4) is 0 Å². The fraction of sp³-hybridized carbons (Fsp3) is 0.308. The molecule has 2 heterocycles. The van der Waals surface area contributed by atoms with Crippen molar-refractivity contribution in [2.75, 3.05) is 7.11 Å². The monoisotopic (exact) mass is 308 g/mol. The van der Waals surface area contributed by atoms with Crippen molar-refractivity contribution in [2.24, 2.45) is 0 Å². The molecule has 1 aliphatic heterocycles. The second-order valence-corrected chi connectivity index (χ2v) is 5.26. The summed E-state index contributed by atoms with van der Waals surface area (Å²) >= 11 is 3.54. The summed E-state index contributed by atoms with van der Waals surface area (Å²) in [6, 6.07) is 5.85. The van der Waals surface area contributed by atoms with E-state index in [1.807, 2.05) is 12.1 Å². The Hall–Kier alpha value is -1.33. The van der Waals surface area contributed by atoms with Crippen LogP contribution in [0.25, 0.3) is 10.9 Å². The van der Waals surface area contributed by atoms with Crippen molar-refractivity contribution in [3.63, 3.8) is 0 Å². The second-order valence-electron chi connectivity index (χ2n) is 4.41. The number of methoxy groups -OCH3 is 1. The molecule has 0 saturated heterocycles. The Balaban J connectivity index is 2.07. The zero-order chi connectivity index (χ0) is 12.7. The molecule has 1 aliphatic rings. The average Bonchev–Trinajstić information content (AvgIpc) is 2.77. The highest BCUT2D eigenvalue weighted by Crippen LogP contribution is 2.31. The number of fused-ring (bicyclic) bond motifs is 3. The number of nitrogens with one attached hydrogen (secondary N) is 2. The van der Waals surface area contributed by atoms with Crippen LogP contribution in [-0.4, -0.2) is 24.1 Å². The smallest absolute Gasteiger partial charge is 0.323 e. The van der Waals surface area contributed by atoms with Crippen LogP contribution in [0.5, 0.6) is 0 Å². The minimum Gasteiger partial charge on any atom is -0.468 e. The summed E-state index contributed by atoms with van der Waals surface area (Å²) in [7, 11) is 1.42. The van der Waals surface area contributed by atoms with Crippen molar-refractivity contribution in [3.05, 3.63) is 33.9 Å². The number of para-hydroxylation sites is 1. The molecule has 0 saturated carbocycles. The van der Waals surface area contributed by atoms with Crippen LogP contribution in [-0.2, 0) is 22.5 Å². The van der Waals surface area contributed by atoms with Crippen molar-refractivity contribution in [2.45, 2.75) is 19.0 Å². The summed E-state index contributed by atoms with van der Waals surface area (Å²) in [4.78, 5) is 15.0. The molecular weight excluding hydrogens is 296 g/mol. The van der Waals surface area contributed by atoms with E-state index < -0.39 is 0 Å². The summed E-state index contributed by atoms with van der Waals surface area (Å²) in [6.45, 7) is 0.663. The van der Waals surface area contributed by atoms with E-state index in [1.165, 1.54) is 18.1 Å². The topological polar surface area (TPSA) is 54.1 Å². The van der Waals surface area contributed by atoms with Gasteiger partial charge in [-0.1, -0.05) is 12.1 Å². The van der Waals surface area contributed by atoms with Crippen molar-refractivity contribution < 1.29 is 9.53 Å². The SMILES string of the molecule is COC(=O)[C@@H]1Cc2c([nH]c3c(Br)cccc23)CN1. The predicted octanol–water partition coefficient (Wildman–Crippen LogP) is 2.12. The van der Waals surface area contributed by atoms with Crippen LogP contribution in [0.3, 0.4) is 0 Å². The van der Waals surface area contributed by atoms with Crippen LogP contribution in [0.1, 0.15) is 11.3 Å². The van der Waals surface area contributed by atoms with Crippen molar-refractivity contribution in [1.82, 2.24) is 10.3 Å². The fourth-order valence-electron chi connectivity index (χ4n) is 2.49. The third-order valence-corrected chi connectivity index (χ3v) is 4.06. The third-order valence-electron chi connectivity index (χ3n) is 3.40. The number of carbonyl (C=O) groups excluding carboxylic acids is 1. The van der Waals surface area contributed by atoms with Crippen LogP contribution in [0.4, 0.5) is 0 Å². The van der Waals surface area contributed by atoms with Gasteiger partial charge in [-0.25, -0.2) is 0 Å². The summed E-state index contributed by atoms with van der Waals surface area (Å²) in [5, 5.41) is 4.36. The number of esters is 1. The van der Waals surface area contributed by atoms with Gasteiger partial charge in [0.1, 0.15) is 6.04 Å². The highest BCUT2D eigenvalue weighted by atomic mass is 79.9. The minimum atomic E-state index is -0.250. The molecular formula is C13H13BrN2O2. The average molecular weight is 309 g/mol. The number of rotatable bonds is 1. The number of ether oxygens (including phenoxy) is 1. The molecule has 94 valence electrons.